The molecule has 0 aromatic carbocycles. The van der Waals surface area contributed by atoms with E-state index in [1.165, 1.54) is 0 Å². The molecule has 0 aliphatic carbocycles. The second kappa shape index (κ2) is 6.83. The van der Waals surface area contributed by atoms with E-state index in [-0.39, 0.29) is 11.2 Å². The van der Waals surface area contributed by atoms with Crippen LogP contribution in [0.2, 0.25) is 0 Å². The summed E-state index contributed by atoms with van der Waals surface area (Å²) < 4.78 is 21.2. The van der Waals surface area contributed by atoms with Crippen molar-refractivity contribution in [1.29, 1.82) is 9.56 Å². The third kappa shape index (κ3) is 5.46. The molecule has 6 nitrogen and oxygen atoms in total. The number of hydrogen-bond donors (Lipinski definition) is 3. The van der Waals surface area contributed by atoms with Gasteiger partial charge >= 0.3 is 6.09 Å². The fourth-order valence-corrected chi connectivity index (χ4v) is 3.37. The summed E-state index contributed by atoms with van der Waals surface area (Å²) in [5.74, 6) is 0.00796. The number of allylic oxidation sites excluding steroid dienone is 2. The van der Waals surface area contributed by atoms with Crippen molar-refractivity contribution in [3.8, 4) is 0 Å². The summed E-state index contributed by atoms with van der Waals surface area (Å²) in [6, 6.07) is 0. The van der Waals surface area contributed by atoms with Crippen LogP contribution < -0.4 is 5.14 Å². The third-order valence-electron chi connectivity index (χ3n) is 3.49. The first-order chi connectivity index (χ1) is 9.94. The van der Waals surface area contributed by atoms with Crippen molar-refractivity contribution in [3.63, 3.8) is 0 Å². The van der Waals surface area contributed by atoms with Crippen LogP contribution in [0, 0.1) is 15.5 Å². The zero-order chi connectivity index (χ0) is 17.1. The SMILES string of the molecule is C=C(/C=C\C)[C@@H]1C[C@@H](S(=N)(=N)N)CN(C(=O)OC(C)(C)C)C1. The summed E-state index contributed by atoms with van der Waals surface area (Å²) in [4.78, 5) is 13.9. The van der Waals surface area contributed by atoms with Gasteiger partial charge in [0.1, 0.15) is 5.60 Å². The van der Waals surface area contributed by atoms with Crippen molar-refractivity contribution in [1.82, 2.24) is 4.90 Å². The number of amides is 1. The fourth-order valence-electron chi connectivity index (χ4n) is 2.42. The van der Waals surface area contributed by atoms with Crippen molar-refractivity contribution in [3.05, 3.63) is 24.3 Å². The van der Waals surface area contributed by atoms with Crippen molar-refractivity contribution in [2.45, 2.75) is 45.0 Å². The lowest BCUT2D eigenvalue weighted by atomic mass is 9.91. The average Bonchev–Trinajstić information content (AvgIpc) is 2.35. The Kier molecular flexibility index (Phi) is 5.81. The zero-order valence-corrected chi connectivity index (χ0v) is 14.7. The van der Waals surface area contributed by atoms with Crippen molar-refractivity contribution < 1.29 is 9.53 Å². The summed E-state index contributed by atoms with van der Waals surface area (Å²) >= 11 is 0. The number of piperidine rings is 1. The molecule has 22 heavy (non-hydrogen) atoms. The Morgan fingerprint density at radius 3 is 2.45 bits per heavy atom. The maximum absolute atomic E-state index is 12.3. The van der Waals surface area contributed by atoms with Crippen molar-refractivity contribution in [2.75, 3.05) is 13.1 Å². The molecular weight excluding hydrogens is 300 g/mol. The number of ether oxygens (including phenoxy) is 1. The van der Waals surface area contributed by atoms with Gasteiger partial charge in [-0.1, -0.05) is 24.3 Å². The van der Waals surface area contributed by atoms with E-state index < -0.39 is 21.5 Å². The number of hydrogen-bond acceptors (Lipinski definition) is 4. The van der Waals surface area contributed by atoms with E-state index >= 15 is 0 Å². The lowest BCUT2D eigenvalue weighted by molar-refractivity contribution is 0.0189. The Morgan fingerprint density at radius 2 is 2.00 bits per heavy atom. The molecule has 0 aromatic heterocycles. The second-order valence-electron chi connectivity index (χ2n) is 6.72. The average molecular weight is 328 g/mol. The Hall–Kier alpha value is -1.34. The van der Waals surface area contributed by atoms with Gasteiger partial charge in [-0.05, 0) is 43.9 Å². The Morgan fingerprint density at radius 1 is 1.41 bits per heavy atom. The van der Waals surface area contributed by atoms with Crippen LogP contribution in [-0.4, -0.2) is 34.9 Å². The molecule has 1 aliphatic rings. The number of carbonyl (C=O) groups is 1. The highest BCUT2D eigenvalue weighted by atomic mass is 32.2. The molecule has 1 saturated heterocycles. The van der Waals surface area contributed by atoms with Gasteiger partial charge in [0, 0.05) is 19.0 Å². The third-order valence-corrected chi connectivity index (χ3v) is 4.89. The molecule has 1 amide bonds. The van der Waals surface area contributed by atoms with Crippen LogP contribution in [-0.2, 0) is 14.5 Å². The first kappa shape index (κ1) is 18.7. The molecule has 1 aliphatic heterocycles. The molecule has 0 unspecified atom stereocenters. The second-order valence-corrected chi connectivity index (χ2v) is 8.81. The molecule has 1 rings (SSSR count). The van der Waals surface area contributed by atoms with Crippen LogP contribution in [0.3, 0.4) is 0 Å². The summed E-state index contributed by atoms with van der Waals surface area (Å²) in [5, 5.41) is 5.37. The molecule has 0 saturated carbocycles. The summed E-state index contributed by atoms with van der Waals surface area (Å²) in [6.07, 6.45) is 4.00. The summed E-state index contributed by atoms with van der Waals surface area (Å²) in [6.45, 7) is 12.2. The lowest BCUT2D eigenvalue weighted by Crippen LogP contribution is -2.51. The van der Waals surface area contributed by atoms with Crippen LogP contribution >= 0.6 is 0 Å². The van der Waals surface area contributed by atoms with Gasteiger partial charge < -0.3 is 9.64 Å². The van der Waals surface area contributed by atoms with E-state index in [0.717, 1.165) is 5.57 Å². The van der Waals surface area contributed by atoms with Crippen LogP contribution in [0.4, 0.5) is 4.79 Å². The number of nitrogens with zero attached hydrogens (tertiary/aromatic N) is 1. The number of nitrogens with one attached hydrogen (secondary N) is 2. The highest BCUT2D eigenvalue weighted by Crippen LogP contribution is 2.28. The Balaban J connectivity index is 2.98. The predicted octanol–water partition coefficient (Wildman–Crippen LogP) is 3.30. The van der Waals surface area contributed by atoms with Gasteiger partial charge in [-0.2, -0.15) is 0 Å². The van der Waals surface area contributed by atoms with Gasteiger partial charge in [-0.25, -0.2) is 4.79 Å². The van der Waals surface area contributed by atoms with Crippen molar-refractivity contribution >= 4 is 15.9 Å². The van der Waals surface area contributed by atoms with Gasteiger partial charge in [0.15, 0.2) is 0 Å². The molecule has 0 aromatic rings. The smallest absolute Gasteiger partial charge is 0.410 e. The van der Waals surface area contributed by atoms with E-state index in [4.69, 9.17) is 19.4 Å². The molecule has 0 bridgehead atoms. The molecule has 126 valence electrons. The van der Waals surface area contributed by atoms with Crippen molar-refractivity contribution in [2.24, 2.45) is 11.1 Å². The van der Waals surface area contributed by atoms with Gasteiger partial charge in [0.2, 0.25) is 0 Å². The van der Waals surface area contributed by atoms with Gasteiger partial charge in [0.05, 0.1) is 5.25 Å². The van der Waals surface area contributed by atoms with Crippen LogP contribution in [0.5, 0.6) is 0 Å². The first-order valence-corrected chi connectivity index (χ1v) is 9.08. The van der Waals surface area contributed by atoms with Crippen LogP contribution in [0.25, 0.3) is 0 Å². The quantitative estimate of drug-likeness (QED) is 0.692. The normalized spacial score (nSPS) is 23.6. The van der Waals surface area contributed by atoms with E-state index in [1.807, 2.05) is 39.8 Å². The Labute approximate surface area is 133 Å². The van der Waals surface area contributed by atoms with E-state index in [2.05, 4.69) is 6.58 Å². The number of nitrogens with two attached hydrogens (primary N) is 1. The molecule has 2 atom stereocenters. The first-order valence-electron chi connectivity index (χ1n) is 7.32. The fraction of sp³-hybridized carbons (Fsp3) is 0.667. The van der Waals surface area contributed by atoms with E-state index in [0.29, 0.717) is 19.5 Å². The molecule has 4 N–H and O–H groups in total. The number of likely N-dealkylation sites (tertiary alicyclic amines) is 1. The monoisotopic (exact) mass is 328 g/mol. The largest absolute Gasteiger partial charge is 0.444 e. The number of carbonyl (C=O) groups excluding carboxylic acids is 1. The van der Waals surface area contributed by atoms with Crippen LogP contribution in [0.1, 0.15) is 34.1 Å². The molecular formula is C15H28N4O2S. The summed E-state index contributed by atoms with van der Waals surface area (Å²) in [5.41, 5.74) is 0.318. The lowest BCUT2D eigenvalue weighted by Gasteiger charge is -2.39. The maximum atomic E-state index is 12.3. The van der Waals surface area contributed by atoms with Crippen LogP contribution in [0.15, 0.2) is 24.3 Å². The van der Waals surface area contributed by atoms with Gasteiger partial charge in [-0.3, -0.25) is 14.7 Å². The Bertz CT molecular complexity index is 561. The molecule has 7 heteroatoms. The summed E-state index contributed by atoms with van der Waals surface area (Å²) in [7, 11) is -2.73. The molecule has 0 radical (unpaired) electrons. The minimum Gasteiger partial charge on any atom is -0.444 e. The van der Waals surface area contributed by atoms with E-state index in [9.17, 15) is 4.79 Å². The highest BCUT2D eigenvalue weighted by molar-refractivity contribution is 7.91. The molecule has 0 spiro atoms. The zero-order valence-electron chi connectivity index (χ0n) is 13.9. The topological polar surface area (TPSA) is 103 Å². The minimum absolute atomic E-state index is 0.00796. The minimum atomic E-state index is -2.73. The number of rotatable bonds is 3. The van der Waals surface area contributed by atoms with Gasteiger partial charge in [0.25, 0.3) is 0 Å². The highest BCUT2D eigenvalue weighted by Gasteiger charge is 2.35. The predicted molar refractivity (Wildman–Crippen MR) is 90.6 cm³/mol. The van der Waals surface area contributed by atoms with E-state index in [1.54, 1.807) is 4.90 Å². The molecule has 1 heterocycles. The molecule has 1 fully saturated rings. The van der Waals surface area contributed by atoms with Gasteiger partial charge in [-0.15, -0.1) is 0 Å². The standard InChI is InChI=1S/C15H28N4O2S/c1-6-7-11(2)12-8-13(22(16,17)18)10-19(9-12)14(20)21-15(3,4)5/h6-7,12-13H,2,8-10H2,1,3-5H3,(H4,16,17,18)/b7-6-/t12-,13-/m1/s1. The maximum Gasteiger partial charge on any atom is 0.410 e.